The number of ether oxygens (including phenoxy) is 2. The minimum Gasteiger partial charge on any atom is -0.394 e. The number of halogens is 2. The summed E-state index contributed by atoms with van der Waals surface area (Å²) < 4.78 is 10.8. The highest BCUT2D eigenvalue weighted by Gasteiger charge is 2.59. The van der Waals surface area contributed by atoms with Crippen LogP contribution in [0.25, 0.3) is 10.6 Å². The van der Waals surface area contributed by atoms with Gasteiger partial charge in [0.25, 0.3) is 5.91 Å². The lowest BCUT2D eigenvalue weighted by atomic mass is 9.92. The number of hydrogen-bond acceptors (Lipinski definition) is 8. The average Bonchev–Trinajstić information content (AvgIpc) is 3.24. The van der Waals surface area contributed by atoms with E-state index in [-0.39, 0.29) is 18.6 Å². The molecule has 0 aliphatic carbocycles. The van der Waals surface area contributed by atoms with E-state index in [2.05, 4.69) is 15.3 Å². The predicted octanol–water partition coefficient (Wildman–Crippen LogP) is 3.74. The highest BCUT2D eigenvalue weighted by atomic mass is 35.5. The second-order valence-electron chi connectivity index (χ2n) is 8.55. The lowest BCUT2D eigenvalue weighted by Crippen LogP contribution is -2.58. The summed E-state index contributed by atoms with van der Waals surface area (Å²) in [7, 11) is 0. The Bertz CT molecular complexity index is 1280. The number of benzene rings is 1. The average molecular weight is 519 g/mol. The Labute approximate surface area is 209 Å². The molecule has 2 aromatic heterocycles. The van der Waals surface area contributed by atoms with Crippen LogP contribution in [0.5, 0.6) is 0 Å². The minimum absolute atomic E-state index is 0.187. The summed E-state index contributed by atoms with van der Waals surface area (Å²) in [4.78, 5) is 25.9. The number of amides is 1. The van der Waals surface area contributed by atoms with Crippen molar-refractivity contribution in [2.75, 3.05) is 38.4 Å². The highest BCUT2D eigenvalue weighted by molar-refractivity contribution is 7.17. The van der Waals surface area contributed by atoms with E-state index in [1.54, 1.807) is 29.3 Å². The summed E-state index contributed by atoms with van der Waals surface area (Å²) in [6.45, 7) is 1.65. The molecule has 3 aliphatic rings. The number of hydrogen-bond donors (Lipinski definition) is 2. The third-order valence-electron chi connectivity index (χ3n) is 6.43. The van der Waals surface area contributed by atoms with Gasteiger partial charge in [0, 0.05) is 11.2 Å². The van der Waals surface area contributed by atoms with Gasteiger partial charge in [-0.3, -0.25) is 4.79 Å². The molecule has 2 N–H and O–H groups in total. The summed E-state index contributed by atoms with van der Waals surface area (Å²) in [5, 5.41) is 14.4. The lowest BCUT2D eigenvalue weighted by molar-refractivity contribution is -0.139. The van der Waals surface area contributed by atoms with Gasteiger partial charge in [-0.25, -0.2) is 9.97 Å². The first kappa shape index (κ1) is 22.2. The van der Waals surface area contributed by atoms with Crippen LogP contribution in [0.2, 0.25) is 10.0 Å². The molecule has 176 valence electrons. The number of rotatable bonds is 6. The van der Waals surface area contributed by atoms with E-state index < -0.39 is 11.6 Å². The van der Waals surface area contributed by atoms with E-state index in [1.165, 1.54) is 11.3 Å². The lowest BCUT2D eigenvalue weighted by Gasteiger charge is -2.48. The molecule has 1 amide bonds. The minimum atomic E-state index is -0.688. The van der Waals surface area contributed by atoms with Crippen LogP contribution in [-0.2, 0) is 15.0 Å². The number of aromatic nitrogens is 2. The van der Waals surface area contributed by atoms with E-state index in [9.17, 15) is 9.90 Å². The molecule has 6 rings (SSSR count). The number of aliphatic hydroxyl groups is 1. The number of nitrogens with one attached hydrogen (secondary N) is 1. The van der Waals surface area contributed by atoms with Gasteiger partial charge in [-0.05, 0) is 23.8 Å². The Morgan fingerprint density at radius 1 is 1.26 bits per heavy atom. The zero-order valence-corrected chi connectivity index (χ0v) is 20.2. The van der Waals surface area contributed by atoms with Gasteiger partial charge < -0.3 is 24.8 Å². The fourth-order valence-electron chi connectivity index (χ4n) is 4.63. The Balaban J connectivity index is 1.39. The van der Waals surface area contributed by atoms with E-state index in [0.717, 1.165) is 10.4 Å². The molecule has 8 nitrogen and oxygen atoms in total. The van der Waals surface area contributed by atoms with Crippen molar-refractivity contribution in [3.8, 4) is 10.6 Å². The van der Waals surface area contributed by atoms with Crippen LogP contribution in [-0.4, -0.2) is 65.0 Å². The maximum Gasteiger partial charge on any atom is 0.258 e. The Morgan fingerprint density at radius 2 is 2.09 bits per heavy atom. The van der Waals surface area contributed by atoms with Crippen LogP contribution >= 0.6 is 34.5 Å². The van der Waals surface area contributed by atoms with Crippen molar-refractivity contribution in [2.45, 2.75) is 17.6 Å². The summed E-state index contributed by atoms with van der Waals surface area (Å²) in [5.41, 5.74) is 1.16. The Hall–Kier alpha value is -2.27. The van der Waals surface area contributed by atoms with Gasteiger partial charge in [0.1, 0.15) is 5.54 Å². The third-order valence-corrected chi connectivity index (χ3v) is 8.56. The fraction of sp³-hybridized carbons (Fsp3) is 0.348. The van der Waals surface area contributed by atoms with E-state index in [4.69, 9.17) is 32.7 Å². The molecule has 3 aromatic rings. The molecule has 2 saturated heterocycles. The molecule has 1 aromatic carbocycles. The largest absolute Gasteiger partial charge is 0.394 e. The van der Waals surface area contributed by atoms with Crippen molar-refractivity contribution in [3.63, 3.8) is 0 Å². The molecule has 3 aliphatic heterocycles. The number of thiophene rings is 1. The Morgan fingerprint density at radius 3 is 2.74 bits per heavy atom. The number of carbonyl (C=O) groups excluding carboxylic acids is 1. The van der Waals surface area contributed by atoms with Crippen LogP contribution in [0.15, 0.2) is 36.5 Å². The molecule has 2 fully saturated rings. The zero-order chi connectivity index (χ0) is 23.4. The first-order valence-electron chi connectivity index (χ1n) is 10.8. The summed E-state index contributed by atoms with van der Waals surface area (Å²) >= 11 is 14.5. The van der Waals surface area contributed by atoms with Crippen molar-refractivity contribution >= 4 is 46.4 Å². The molecular weight excluding hydrogens is 499 g/mol. The van der Waals surface area contributed by atoms with Crippen molar-refractivity contribution < 1.29 is 19.4 Å². The maximum atomic E-state index is 13.8. The van der Waals surface area contributed by atoms with Gasteiger partial charge in [-0.2, -0.15) is 0 Å². The normalized spacial score (nSPS) is 19.6. The van der Waals surface area contributed by atoms with E-state index in [1.807, 2.05) is 12.1 Å². The second-order valence-corrected chi connectivity index (χ2v) is 10.4. The van der Waals surface area contributed by atoms with Gasteiger partial charge in [-0.15, -0.1) is 11.3 Å². The van der Waals surface area contributed by atoms with Crippen molar-refractivity contribution in [1.29, 1.82) is 0 Å². The summed E-state index contributed by atoms with van der Waals surface area (Å²) in [6, 6.07) is 8.59. The van der Waals surface area contributed by atoms with Crippen molar-refractivity contribution in [2.24, 2.45) is 0 Å². The SMILES string of the molecule is O=C1c2c(sc(-c3ccnc(NC4COC4)n3)c2Cl)C2(COC2)N1[C@H](CO)c1cccc(Cl)c1. The van der Waals surface area contributed by atoms with Crippen molar-refractivity contribution in [1.82, 2.24) is 14.9 Å². The van der Waals surface area contributed by atoms with E-state index in [0.29, 0.717) is 58.6 Å². The van der Waals surface area contributed by atoms with Gasteiger partial charge in [0.05, 0.1) is 71.2 Å². The Kier molecular flexibility index (Phi) is 5.51. The number of aliphatic hydroxyl groups excluding tert-OH is 1. The van der Waals surface area contributed by atoms with Gasteiger partial charge in [0.15, 0.2) is 0 Å². The van der Waals surface area contributed by atoms with Gasteiger partial charge in [-0.1, -0.05) is 35.3 Å². The monoisotopic (exact) mass is 518 g/mol. The van der Waals surface area contributed by atoms with Crippen LogP contribution in [0.4, 0.5) is 5.95 Å². The van der Waals surface area contributed by atoms with Crippen LogP contribution in [0.1, 0.15) is 26.8 Å². The third kappa shape index (κ3) is 3.34. The molecule has 0 saturated carbocycles. The first-order chi connectivity index (χ1) is 16.5. The maximum absolute atomic E-state index is 13.8. The molecule has 5 heterocycles. The fourth-order valence-corrected chi connectivity index (χ4v) is 6.58. The number of fused-ring (bicyclic) bond motifs is 2. The predicted molar refractivity (Wildman–Crippen MR) is 129 cm³/mol. The topological polar surface area (TPSA) is 96.8 Å². The molecule has 0 unspecified atom stereocenters. The number of anilines is 1. The van der Waals surface area contributed by atoms with E-state index >= 15 is 0 Å². The summed E-state index contributed by atoms with van der Waals surface area (Å²) in [6.07, 6.45) is 1.67. The van der Waals surface area contributed by atoms with Gasteiger partial charge in [0.2, 0.25) is 5.95 Å². The number of carbonyl (C=O) groups is 1. The quantitative estimate of drug-likeness (QED) is 0.512. The highest BCUT2D eigenvalue weighted by Crippen LogP contribution is 2.56. The molecule has 1 spiro atoms. The standard InChI is InChI=1S/C23H20Cl2N4O4S/c24-13-3-1-2-12(6-13)16(7-30)29-21(31)17-18(25)19(34-20(17)23(29)10-33-11-23)15-4-5-26-22(28-15)27-14-8-32-9-14/h1-6,14,16,30H,7-11H2,(H,26,27,28)/t16-/m1/s1. The van der Waals surface area contributed by atoms with Gasteiger partial charge >= 0.3 is 0 Å². The van der Waals surface area contributed by atoms with Crippen LogP contribution < -0.4 is 5.32 Å². The molecule has 1 atom stereocenters. The number of nitrogens with zero attached hydrogens (tertiary/aromatic N) is 3. The second kappa shape index (κ2) is 8.44. The molecule has 34 heavy (non-hydrogen) atoms. The molecule has 0 bridgehead atoms. The summed E-state index contributed by atoms with van der Waals surface area (Å²) in [5.74, 6) is 0.259. The molecular formula is C23H20Cl2N4O4S. The van der Waals surface area contributed by atoms with Crippen LogP contribution in [0, 0.1) is 0 Å². The molecule has 0 radical (unpaired) electrons. The first-order valence-corrected chi connectivity index (χ1v) is 12.4. The smallest absolute Gasteiger partial charge is 0.258 e. The van der Waals surface area contributed by atoms with Crippen LogP contribution in [0.3, 0.4) is 0 Å². The molecule has 11 heteroatoms. The zero-order valence-electron chi connectivity index (χ0n) is 17.8. The van der Waals surface area contributed by atoms with Crippen molar-refractivity contribution in [3.05, 3.63) is 62.6 Å².